The van der Waals surface area contributed by atoms with Gasteiger partial charge in [0.2, 0.25) is 10.0 Å². The predicted octanol–water partition coefficient (Wildman–Crippen LogP) is 2.28. The molecule has 1 heterocycles. The molecule has 0 radical (unpaired) electrons. The molecule has 1 aromatic rings. The van der Waals surface area contributed by atoms with Crippen LogP contribution in [0.4, 0.5) is 0 Å². The van der Waals surface area contributed by atoms with Crippen molar-refractivity contribution in [2.75, 3.05) is 13.1 Å². The van der Waals surface area contributed by atoms with Gasteiger partial charge in [-0.05, 0) is 42.4 Å². The van der Waals surface area contributed by atoms with Crippen molar-refractivity contribution in [1.82, 2.24) is 4.31 Å². The molecule has 2 unspecified atom stereocenters. The molecule has 0 aliphatic carbocycles. The van der Waals surface area contributed by atoms with Crippen LogP contribution in [0.3, 0.4) is 0 Å². The van der Waals surface area contributed by atoms with Gasteiger partial charge in [-0.1, -0.05) is 32.9 Å². The molecule has 2 rings (SSSR count). The first kappa shape index (κ1) is 16.5. The number of aliphatic hydroxyl groups excluding tert-OH is 1. The third-order valence-electron chi connectivity index (χ3n) is 4.09. The quantitative estimate of drug-likeness (QED) is 0.928. The lowest BCUT2D eigenvalue weighted by Crippen LogP contribution is -2.45. The molecule has 0 saturated carbocycles. The molecule has 1 aromatic carbocycles. The highest BCUT2D eigenvalue weighted by molar-refractivity contribution is 7.89. The van der Waals surface area contributed by atoms with Crippen LogP contribution < -0.4 is 0 Å². The van der Waals surface area contributed by atoms with Gasteiger partial charge in [0.1, 0.15) is 0 Å². The number of nitrogens with zero attached hydrogens (tertiary/aromatic N) is 1. The fourth-order valence-electron chi connectivity index (χ4n) is 2.66. The zero-order chi connectivity index (χ0) is 15.6. The molecule has 5 heteroatoms. The number of piperidine rings is 1. The first-order valence-electron chi connectivity index (χ1n) is 7.58. The first-order chi connectivity index (χ1) is 9.80. The Bertz CT molecular complexity index is 566. The van der Waals surface area contributed by atoms with Gasteiger partial charge in [-0.15, -0.1) is 0 Å². The minimum Gasteiger partial charge on any atom is -0.391 e. The van der Waals surface area contributed by atoms with Gasteiger partial charge in [0.25, 0.3) is 0 Å². The number of aliphatic hydroxyl groups is 1. The van der Waals surface area contributed by atoms with Gasteiger partial charge in [0, 0.05) is 13.1 Å². The summed E-state index contributed by atoms with van der Waals surface area (Å²) in [4.78, 5) is 0.316. The largest absolute Gasteiger partial charge is 0.391 e. The van der Waals surface area contributed by atoms with Crippen molar-refractivity contribution < 1.29 is 13.5 Å². The molecular weight excluding hydrogens is 286 g/mol. The van der Waals surface area contributed by atoms with Crippen molar-refractivity contribution in [2.45, 2.75) is 44.6 Å². The Morgan fingerprint density at radius 2 is 1.90 bits per heavy atom. The zero-order valence-corrected chi connectivity index (χ0v) is 13.8. The van der Waals surface area contributed by atoms with Crippen molar-refractivity contribution in [3.05, 3.63) is 29.8 Å². The average molecular weight is 311 g/mol. The molecule has 1 aliphatic rings. The van der Waals surface area contributed by atoms with Crippen LogP contribution in [0.25, 0.3) is 0 Å². The van der Waals surface area contributed by atoms with Gasteiger partial charge >= 0.3 is 0 Å². The van der Waals surface area contributed by atoms with E-state index in [1.807, 2.05) is 19.1 Å². The normalized spacial score (nSPS) is 24.4. The maximum atomic E-state index is 12.6. The Balaban J connectivity index is 2.16. The number of benzene rings is 1. The van der Waals surface area contributed by atoms with Crippen LogP contribution in [0.1, 0.15) is 32.8 Å². The summed E-state index contributed by atoms with van der Waals surface area (Å²) in [5, 5.41) is 9.90. The summed E-state index contributed by atoms with van der Waals surface area (Å²) in [6.07, 6.45) is 1.07. The van der Waals surface area contributed by atoms with Gasteiger partial charge in [-0.25, -0.2) is 8.42 Å². The van der Waals surface area contributed by atoms with Gasteiger partial charge in [0.05, 0.1) is 11.0 Å². The summed E-state index contributed by atoms with van der Waals surface area (Å²) in [5.41, 5.74) is 1.15. The van der Waals surface area contributed by atoms with E-state index in [-0.39, 0.29) is 12.5 Å². The first-order valence-corrected chi connectivity index (χ1v) is 9.02. The molecule has 1 aliphatic heterocycles. The number of hydrogen-bond donors (Lipinski definition) is 1. The van der Waals surface area contributed by atoms with Crippen LogP contribution in [0, 0.1) is 11.8 Å². The highest BCUT2D eigenvalue weighted by Crippen LogP contribution is 2.24. The summed E-state index contributed by atoms with van der Waals surface area (Å²) in [7, 11) is -3.49. The Kier molecular flexibility index (Phi) is 5.07. The molecule has 1 saturated heterocycles. The number of sulfonamides is 1. The monoisotopic (exact) mass is 311 g/mol. The predicted molar refractivity (Wildman–Crippen MR) is 83.5 cm³/mol. The molecule has 1 N–H and O–H groups in total. The highest BCUT2D eigenvalue weighted by atomic mass is 32.2. The van der Waals surface area contributed by atoms with Crippen LogP contribution in [-0.2, 0) is 16.4 Å². The Morgan fingerprint density at radius 1 is 1.29 bits per heavy atom. The fourth-order valence-corrected chi connectivity index (χ4v) is 4.13. The van der Waals surface area contributed by atoms with E-state index >= 15 is 0 Å². The smallest absolute Gasteiger partial charge is 0.243 e. The highest BCUT2D eigenvalue weighted by Gasteiger charge is 2.32. The lowest BCUT2D eigenvalue weighted by Gasteiger charge is -2.33. The zero-order valence-electron chi connectivity index (χ0n) is 13.0. The van der Waals surface area contributed by atoms with Crippen molar-refractivity contribution in [3.8, 4) is 0 Å². The van der Waals surface area contributed by atoms with Crippen LogP contribution in [-0.4, -0.2) is 37.0 Å². The maximum Gasteiger partial charge on any atom is 0.243 e. The Morgan fingerprint density at radius 3 is 2.43 bits per heavy atom. The molecule has 0 amide bonds. The van der Waals surface area contributed by atoms with E-state index in [0.29, 0.717) is 23.8 Å². The Labute approximate surface area is 127 Å². The second-order valence-electron chi connectivity index (χ2n) is 6.44. The third kappa shape index (κ3) is 3.84. The van der Waals surface area contributed by atoms with Crippen molar-refractivity contribution in [1.29, 1.82) is 0 Å². The second-order valence-corrected chi connectivity index (χ2v) is 8.38. The maximum absolute atomic E-state index is 12.6. The SMILES string of the molecule is CC(C)Cc1ccc(S(=O)(=O)N2CCC(C)C(O)C2)cc1. The molecule has 0 aromatic heterocycles. The number of β-amino-alcohol motifs (C(OH)–C–C–N with tert-alkyl or cyclic N) is 1. The van der Waals surface area contributed by atoms with E-state index in [1.165, 1.54) is 4.31 Å². The molecule has 2 atom stereocenters. The molecule has 0 bridgehead atoms. The van der Waals surface area contributed by atoms with Crippen LogP contribution in [0.15, 0.2) is 29.2 Å². The third-order valence-corrected chi connectivity index (χ3v) is 5.97. The summed E-state index contributed by atoms with van der Waals surface area (Å²) >= 11 is 0. The summed E-state index contributed by atoms with van der Waals surface area (Å²) in [6.45, 7) is 6.91. The summed E-state index contributed by atoms with van der Waals surface area (Å²) in [6, 6.07) is 7.13. The number of rotatable bonds is 4. The molecule has 21 heavy (non-hydrogen) atoms. The van der Waals surface area contributed by atoms with E-state index < -0.39 is 16.1 Å². The Hall–Kier alpha value is -0.910. The standard InChI is InChI=1S/C16H25NO3S/c1-12(2)10-14-4-6-15(7-5-14)21(19,20)17-9-8-13(3)16(18)11-17/h4-7,12-13,16,18H,8-11H2,1-3H3. The van der Waals surface area contributed by atoms with Gasteiger partial charge in [-0.2, -0.15) is 4.31 Å². The van der Waals surface area contributed by atoms with Crippen LogP contribution in [0.5, 0.6) is 0 Å². The molecule has 4 nitrogen and oxygen atoms in total. The van der Waals surface area contributed by atoms with E-state index in [4.69, 9.17) is 0 Å². The van der Waals surface area contributed by atoms with Crippen LogP contribution >= 0.6 is 0 Å². The summed E-state index contributed by atoms with van der Waals surface area (Å²) in [5.74, 6) is 0.705. The van der Waals surface area contributed by atoms with E-state index in [2.05, 4.69) is 13.8 Å². The van der Waals surface area contributed by atoms with Crippen molar-refractivity contribution >= 4 is 10.0 Å². The topological polar surface area (TPSA) is 57.6 Å². The molecule has 1 fully saturated rings. The molecule has 0 spiro atoms. The van der Waals surface area contributed by atoms with Gasteiger partial charge in [0.15, 0.2) is 0 Å². The molecular formula is C16H25NO3S. The van der Waals surface area contributed by atoms with E-state index in [0.717, 1.165) is 12.0 Å². The van der Waals surface area contributed by atoms with Crippen molar-refractivity contribution in [3.63, 3.8) is 0 Å². The lowest BCUT2D eigenvalue weighted by atomic mass is 9.98. The van der Waals surface area contributed by atoms with Crippen LogP contribution in [0.2, 0.25) is 0 Å². The van der Waals surface area contributed by atoms with E-state index in [1.54, 1.807) is 12.1 Å². The second kappa shape index (κ2) is 6.46. The summed E-state index contributed by atoms with van der Waals surface area (Å²) < 4.78 is 26.6. The van der Waals surface area contributed by atoms with Crippen molar-refractivity contribution in [2.24, 2.45) is 11.8 Å². The van der Waals surface area contributed by atoms with E-state index in [9.17, 15) is 13.5 Å². The van der Waals surface area contributed by atoms with Gasteiger partial charge in [-0.3, -0.25) is 0 Å². The minimum absolute atomic E-state index is 0.157. The molecule has 118 valence electrons. The minimum atomic E-state index is -3.49. The lowest BCUT2D eigenvalue weighted by molar-refractivity contribution is 0.0605. The average Bonchev–Trinajstić information content (AvgIpc) is 2.41. The van der Waals surface area contributed by atoms with Gasteiger partial charge < -0.3 is 5.11 Å². The number of hydrogen-bond acceptors (Lipinski definition) is 3. The fraction of sp³-hybridized carbons (Fsp3) is 0.625.